The topological polar surface area (TPSA) is 64.9 Å². The highest BCUT2D eigenvalue weighted by Crippen LogP contribution is 2.38. The SMILES string of the molecule is CC1CCC(N)(c2noc(C(F)(F)C(F)F)n2)CC1. The van der Waals surface area contributed by atoms with Crippen LogP contribution < -0.4 is 5.73 Å². The summed E-state index contributed by atoms with van der Waals surface area (Å²) >= 11 is 0. The molecular weight excluding hydrogens is 266 g/mol. The van der Waals surface area contributed by atoms with Crippen LogP contribution in [-0.2, 0) is 11.5 Å². The molecule has 1 aliphatic carbocycles. The Hall–Kier alpha value is -1.18. The van der Waals surface area contributed by atoms with E-state index in [1.807, 2.05) is 0 Å². The first-order valence-electron chi connectivity index (χ1n) is 6.05. The molecule has 1 aromatic rings. The zero-order valence-corrected chi connectivity index (χ0v) is 10.4. The van der Waals surface area contributed by atoms with Crippen LogP contribution in [0.25, 0.3) is 0 Å². The largest absolute Gasteiger partial charge is 0.383 e. The fourth-order valence-corrected chi connectivity index (χ4v) is 2.16. The van der Waals surface area contributed by atoms with Crippen molar-refractivity contribution in [3.63, 3.8) is 0 Å². The fourth-order valence-electron chi connectivity index (χ4n) is 2.16. The smallest absolute Gasteiger partial charge is 0.332 e. The predicted octanol–water partition coefficient (Wildman–Crippen LogP) is 2.79. The first-order valence-corrected chi connectivity index (χ1v) is 6.05. The molecule has 0 aliphatic heterocycles. The Morgan fingerprint density at radius 3 is 2.47 bits per heavy atom. The lowest BCUT2D eigenvalue weighted by atomic mass is 9.77. The number of alkyl halides is 4. The fraction of sp³-hybridized carbons (Fsp3) is 0.818. The Labute approximate surface area is 107 Å². The summed E-state index contributed by atoms with van der Waals surface area (Å²) in [5, 5.41) is 3.36. The normalized spacial score (nSPS) is 28.9. The van der Waals surface area contributed by atoms with Gasteiger partial charge in [0, 0.05) is 0 Å². The lowest BCUT2D eigenvalue weighted by Gasteiger charge is -2.33. The van der Waals surface area contributed by atoms with Crippen molar-refractivity contribution in [3.05, 3.63) is 11.7 Å². The number of hydrogen-bond donors (Lipinski definition) is 1. The number of rotatable bonds is 3. The molecule has 1 aliphatic rings. The van der Waals surface area contributed by atoms with Gasteiger partial charge in [0.05, 0.1) is 5.54 Å². The summed E-state index contributed by atoms with van der Waals surface area (Å²) in [4.78, 5) is 3.39. The summed E-state index contributed by atoms with van der Waals surface area (Å²) in [6, 6.07) is 0. The third kappa shape index (κ3) is 2.58. The molecule has 19 heavy (non-hydrogen) atoms. The second-order valence-corrected chi connectivity index (χ2v) is 5.19. The molecule has 1 heterocycles. The average molecular weight is 281 g/mol. The molecule has 0 unspecified atom stereocenters. The molecule has 108 valence electrons. The molecule has 1 fully saturated rings. The van der Waals surface area contributed by atoms with Gasteiger partial charge in [0.25, 0.3) is 0 Å². The van der Waals surface area contributed by atoms with Crippen LogP contribution in [0.3, 0.4) is 0 Å². The van der Waals surface area contributed by atoms with E-state index >= 15 is 0 Å². The summed E-state index contributed by atoms with van der Waals surface area (Å²) in [5.41, 5.74) is 5.09. The average Bonchev–Trinajstić information content (AvgIpc) is 2.83. The van der Waals surface area contributed by atoms with E-state index in [0.717, 1.165) is 12.8 Å². The molecule has 8 heteroatoms. The van der Waals surface area contributed by atoms with Crippen LogP contribution in [-0.4, -0.2) is 16.6 Å². The molecule has 0 atom stereocenters. The Morgan fingerprint density at radius 1 is 1.37 bits per heavy atom. The zero-order chi connectivity index (χ0) is 14.3. The van der Waals surface area contributed by atoms with Gasteiger partial charge >= 0.3 is 18.2 Å². The molecule has 2 N–H and O–H groups in total. The number of nitrogens with zero attached hydrogens (tertiary/aromatic N) is 2. The highest BCUT2D eigenvalue weighted by molar-refractivity contribution is 5.07. The third-order valence-corrected chi connectivity index (χ3v) is 3.60. The van der Waals surface area contributed by atoms with Crippen molar-refractivity contribution in [2.45, 2.75) is 50.5 Å². The number of nitrogens with two attached hydrogens (primary N) is 1. The Balaban J connectivity index is 2.22. The van der Waals surface area contributed by atoms with Gasteiger partial charge in [0.15, 0.2) is 5.82 Å². The minimum Gasteiger partial charge on any atom is -0.332 e. The standard InChI is InChI=1S/C11H15F4N3O/c1-6-2-4-10(16,5-3-6)8-17-9(19-18-8)11(14,15)7(12)13/h6-7H,2-5,16H2,1H3. The Bertz CT molecular complexity index is 441. The summed E-state index contributed by atoms with van der Waals surface area (Å²) in [5.74, 6) is -5.44. The maximum atomic E-state index is 13.1. The molecule has 4 nitrogen and oxygen atoms in total. The highest BCUT2D eigenvalue weighted by atomic mass is 19.3. The molecule has 0 aromatic carbocycles. The molecule has 0 spiro atoms. The molecule has 0 saturated heterocycles. The summed E-state index contributed by atoms with van der Waals surface area (Å²) < 4.78 is 54.8. The van der Waals surface area contributed by atoms with E-state index in [1.165, 1.54) is 0 Å². The third-order valence-electron chi connectivity index (χ3n) is 3.60. The lowest BCUT2D eigenvalue weighted by molar-refractivity contribution is -0.152. The van der Waals surface area contributed by atoms with Crippen LogP contribution in [0.1, 0.15) is 44.3 Å². The monoisotopic (exact) mass is 281 g/mol. The molecular formula is C11H15F4N3O. The molecule has 1 aromatic heterocycles. The van der Waals surface area contributed by atoms with Crippen LogP contribution in [0.4, 0.5) is 17.6 Å². The van der Waals surface area contributed by atoms with E-state index < -0.39 is 23.8 Å². The predicted molar refractivity (Wildman–Crippen MR) is 57.7 cm³/mol. The van der Waals surface area contributed by atoms with Gasteiger partial charge in [0.1, 0.15) is 0 Å². The number of halogens is 4. The van der Waals surface area contributed by atoms with Gasteiger partial charge in [-0.2, -0.15) is 13.8 Å². The summed E-state index contributed by atoms with van der Waals surface area (Å²) in [6.45, 7) is 2.06. The van der Waals surface area contributed by atoms with E-state index in [-0.39, 0.29) is 5.82 Å². The van der Waals surface area contributed by atoms with Crippen molar-refractivity contribution in [1.29, 1.82) is 0 Å². The second-order valence-electron chi connectivity index (χ2n) is 5.19. The minimum absolute atomic E-state index is 0.116. The maximum Gasteiger partial charge on any atom is 0.383 e. The minimum atomic E-state index is -4.44. The van der Waals surface area contributed by atoms with Gasteiger partial charge in [0.2, 0.25) is 0 Å². The van der Waals surface area contributed by atoms with Crippen LogP contribution in [0.2, 0.25) is 0 Å². The van der Waals surface area contributed by atoms with E-state index in [9.17, 15) is 17.6 Å². The summed E-state index contributed by atoms with van der Waals surface area (Å²) in [6.07, 6.45) is -1.22. The second kappa shape index (κ2) is 4.73. The van der Waals surface area contributed by atoms with Crippen molar-refractivity contribution in [2.24, 2.45) is 11.7 Å². The van der Waals surface area contributed by atoms with Crippen molar-refractivity contribution >= 4 is 0 Å². The van der Waals surface area contributed by atoms with Gasteiger partial charge in [-0.3, -0.25) is 0 Å². The van der Waals surface area contributed by atoms with E-state index in [1.54, 1.807) is 0 Å². The van der Waals surface area contributed by atoms with Crippen molar-refractivity contribution in [2.75, 3.05) is 0 Å². The van der Waals surface area contributed by atoms with Gasteiger partial charge < -0.3 is 10.3 Å². The van der Waals surface area contributed by atoms with Crippen molar-refractivity contribution in [1.82, 2.24) is 10.1 Å². The van der Waals surface area contributed by atoms with Crippen molar-refractivity contribution < 1.29 is 22.1 Å². The zero-order valence-electron chi connectivity index (χ0n) is 10.4. The van der Waals surface area contributed by atoms with Crippen LogP contribution in [0.5, 0.6) is 0 Å². The van der Waals surface area contributed by atoms with Crippen LogP contribution in [0, 0.1) is 5.92 Å². The molecule has 0 bridgehead atoms. The van der Waals surface area contributed by atoms with Gasteiger partial charge in [-0.25, -0.2) is 8.78 Å². The Morgan fingerprint density at radius 2 is 1.95 bits per heavy atom. The van der Waals surface area contributed by atoms with Crippen molar-refractivity contribution in [3.8, 4) is 0 Å². The first kappa shape index (κ1) is 14.2. The first-order chi connectivity index (χ1) is 8.75. The number of hydrogen-bond acceptors (Lipinski definition) is 4. The highest BCUT2D eigenvalue weighted by Gasteiger charge is 2.49. The van der Waals surface area contributed by atoms with Gasteiger partial charge in [-0.1, -0.05) is 12.1 Å². The molecule has 2 rings (SSSR count). The molecule has 0 radical (unpaired) electrons. The van der Waals surface area contributed by atoms with E-state index in [2.05, 4.69) is 21.6 Å². The summed E-state index contributed by atoms with van der Waals surface area (Å²) in [7, 11) is 0. The number of aromatic nitrogens is 2. The molecule has 1 saturated carbocycles. The van der Waals surface area contributed by atoms with E-state index in [4.69, 9.17) is 5.73 Å². The quantitative estimate of drug-likeness (QED) is 0.865. The van der Waals surface area contributed by atoms with Gasteiger partial charge in [-0.15, -0.1) is 0 Å². The maximum absolute atomic E-state index is 13.1. The van der Waals surface area contributed by atoms with E-state index in [0.29, 0.717) is 18.8 Å². The van der Waals surface area contributed by atoms with Gasteiger partial charge in [-0.05, 0) is 31.6 Å². The lowest BCUT2D eigenvalue weighted by Crippen LogP contribution is -2.41. The van der Waals surface area contributed by atoms with Crippen LogP contribution >= 0.6 is 0 Å². The Kier molecular flexibility index (Phi) is 3.55. The molecule has 0 amide bonds. The van der Waals surface area contributed by atoms with Crippen LogP contribution in [0.15, 0.2) is 4.52 Å².